The van der Waals surface area contributed by atoms with Crippen molar-refractivity contribution >= 4 is 11.6 Å². The van der Waals surface area contributed by atoms with Gasteiger partial charge in [0.1, 0.15) is 5.75 Å². The molecule has 0 radical (unpaired) electrons. The summed E-state index contributed by atoms with van der Waals surface area (Å²) in [5.41, 5.74) is 15.0. The third-order valence-corrected chi connectivity index (χ3v) is 4.03. The zero-order valence-electron chi connectivity index (χ0n) is 12.7. The molecule has 5 nitrogen and oxygen atoms in total. The van der Waals surface area contributed by atoms with Crippen LogP contribution in [0.1, 0.15) is 17.5 Å². The first-order valence-electron chi connectivity index (χ1n) is 7.52. The normalized spacial score (nSPS) is 25.7. The van der Waals surface area contributed by atoms with Crippen molar-refractivity contribution in [3.63, 3.8) is 0 Å². The van der Waals surface area contributed by atoms with Crippen LogP contribution in [0.5, 0.6) is 5.75 Å². The second-order valence-corrected chi connectivity index (χ2v) is 5.72. The Kier molecular flexibility index (Phi) is 4.02. The Balaban J connectivity index is 1.95. The summed E-state index contributed by atoms with van der Waals surface area (Å²) in [5, 5.41) is 8.51. The maximum atomic E-state index is 11.5. The van der Waals surface area contributed by atoms with Gasteiger partial charge in [-0.25, -0.2) is 0 Å². The van der Waals surface area contributed by atoms with Crippen LogP contribution in [-0.4, -0.2) is 18.2 Å². The number of benzene rings is 1. The average molecular weight is 309 g/mol. The highest BCUT2D eigenvalue weighted by Gasteiger charge is 2.18. The topological polar surface area (TPSA) is 102 Å². The number of hydrogen-bond donors (Lipinski definition) is 3. The van der Waals surface area contributed by atoms with Gasteiger partial charge in [0.05, 0.1) is 18.2 Å². The molecular weight excluding hydrogens is 290 g/mol. The van der Waals surface area contributed by atoms with E-state index >= 15 is 0 Å². The Morgan fingerprint density at radius 2 is 2.17 bits per heavy atom. The van der Waals surface area contributed by atoms with Crippen molar-refractivity contribution in [3.8, 4) is 5.75 Å². The van der Waals surface area contributed by atoms with Crippen LogP contribution in [0, 0.1) is 11.3 Å². The SMILES string of the molecule is N=C(/C1=C/C(C(N)=O)/C=C/C=C(/N)C1)c1ccc2c(c1)CCO2. The lowest BCUT2D eigenvalue weighted by molar-refractivity contribution is -0.119. The van der Waals surface area contributed by atoms with Crippen LogP contribution >= 0.6 is 0 Å². The summed E-state index contributed by atoms with van der Waals surface area (Å²) in [4.78, 5) is 11.5. The molecule has 2 aliphatic rings. The summed E-state index contributed by atoms with van der Waals surface area (Å²) in [5.74, 6) is -0.0965. The first kappa shape index (κ1) is 15.1. The molecule has 5 heteroatoms. The maximum Gasteiger partial charge on any atom is 0.228 e. The second-order valence-electron chi connectivity index (χ2n) is 5.72. The second kappa shape index (κ2) is 6.12. The first-order chi connectivity index (χ1) is 11.0. The lowest BCUT2D eigenvalue weighted by atomic mass is 9.92. The largest absolute Gasteiger partial charge is 0.493 e. The fourth-order valence-electron chi connectivity index (χ4n) is 2.79. The van der Waals surface area contributed by atoms with Crippen LogP contribution in [0.3, 0.4) is 0 Å². The molecule has 0 saturated heterocycles. The third-order valence-electron chi connectivity index (χ3n) is 4.03. The fourth-order valence-corrected chi connectivity index (χ4v) is 2.79. The molecule has 1 aromatic carbocycles. The van der Waals surface area contributed by atoms with Crippen LogP contribution < -0.4 is 16.2 Å². The molecule has 0 aromatic heterocycles. The maximum absolute atomic E-state index is 11.5. The molecule has 0 saturated carbocycles. The molecule has 118 valence electrons. The summed E-state index contributed by atoms with van der Waals surface area (Å²) in [6, 6.07) is 5.72. The van der Waals surface area contributed by atoms with E-state index in [1.54, 1.807) is 24.3 Å². The summed E-state index contributed by atoms with van der Waals surface area (Å²) >= 11 is 0. The van der Waals surface area contributed by atoms with Gasteiger partial charge in [-0.15, -0.1) is 0 Å². The van der Waals surface area contributed by atoms with E-state index in [0.717, 1.165) is 23.3 Å². The molecular formula is C18H19N3O2. The summed E-state index contributed by atoms with van der Waals surface area (Å²) in [6.07, 6.45) is 8.16. The van der Waals surface area contributed by atoms with Crippen molar-refractivity contribution in [2.24, 2.45) is 17.4 Å². The lowest BCUT2D eigenvalue weighted by Crippen LogP contribution is -2.22. The molecule has 0 bridgehead atoms. The molecule has 5 N–H and O–H groups in total. The number of rotatable bonds is 3. The number of fused-ring (bicyclic) bond motifs is 1. The van der Waals surface area contributed by atoms with E-state index < -0.39 is 11.8 Å². The van der Waals surface area contributed by atoms with Crippen molar-refractivity contribution in [1.82, 2.24) is 0 Å². The number of nitrogens with one attached hydrogen (secondary N) is 1. The zero-order valence-corrected chi connectivity index (χ0v) is 12.7. The minimum Gasteiger partial charge on any atom is -0.493 e. The van der Waals surface area contributed by atoms with Gasteiger partial charge in [0.2, 0.25) is 5.91 Å². The first-order valence-corrected chi connectivity index (χ1v) is 7.52. The van der Waals surface area contributed by atoms with Gasteiger partial charge in [-0.3, -0.25) is 10.2 Å². The van der Waals surface area contributed by atoms with E-state index in [0.29, 0.717) is 30.0 Å². The monoisotopic (exact) mass is 309 g/mol. The minimum atomic E-state index is -0.535. The van der Waals surface area contributed by atoms with E-state index in [2.05, 4.69) is 0 Å². The van der Waals surface area contributed by atoms with Gasteiger partial charge in [-0.1, -0.05) is 18.2 Å². The van der Waals surface area contributed by atoms with Crippen molar-refractivity contribution in [1.29, 1.82) is 5.41 Å². The quantitative estimate of drug-likeness (QED) is 0.742. The van der Waals surface area contributed by atoms with Gasteiger partial charge in [0.25, 0.3) is 0 Å². The Morgan fingerprint density at radius 1 is 1.35 bits per heavy atom. The van der Waals surface area contributed by atoms with Gasteiger partial charge in [0, 0.05) is 24.1 Å². The molecule has 1 aliphatic heterocycles. The highest BCUT2D eigenvalue weighted by atomic mass is 16.5. The Bertz CT molecular complexity index is 760. The van der Waals surface area contributed by atoms with E-state index in [4.69, 9.17) is 21.6 Å². The molecule has 1 aromatic rings. The van der Waals surface area contributed by atoms with Gasteiger partial charge >= 0.3 is 0 Å². The number of carbonyl (C=O) groups is 1. The summed E-state index contributed by atoms with van der Waals surface area (Å²) < 4.78 is 5.50. The van der Waals surface area contributed by atoms with Crippen molar-refractivity contribution in [3.05, 3.63) is 64.9 Å². The zero-order chi connectivity index (χ0) is 16.4. The molecule has 1 aliphatic carbocycles. The van der Waals surface area contributed by atoms with Crippen LogP contribution in [0.15, 0.2) is 53.8 Å². The number of amides is 1. The standard InChI is InChI=1S/C18H19N3O2/c19-15-3-1-2-13(18(21)22)9-14(10-15)17(20)12-4-5-16-11(8-12)6-7-23-16/h1-5,8-9,13,20H,6-7,10,19H2,(H2,21,22)/b2-1+,14-9+,15-3+,20-17?. The summed E-state index contributed by atoms with van der Waals surface area (Å²) in [7, 11) is 0. The number of primary amides is 1. The molecule has 1 atom stereocenters. The van der Waals surface area contributed by atoms with Gasteiger partial charge in [-0.05, 0) is 35.4 Å². The predicted octanol–water partition coefficient (Wildman–Crippen LogP) is 1.82. The molecule has 3 rings (SSSR count). The van der Waals surface area contributed by atoms with E-state index in [1.807, 2.05) is 18.2 Å². The number of hydrogen-bond acceptors (Lipinski definition) is 4. The van der Waals surface area contributed by atoms with Gasteiger partial charge in [-0.2, -0.15) is 0 Å². The predicted molar refractivity (Wildman–Crippen MR) is 89.3 cm³/mol. The van der Waals surface area contributed by atoms with Crippen molar-refractivity contribution < 1.29 is 9.53 Å². The molecule has 1 amide bonds. The fraction of sp³-hybridized carbons (Fsp3) is 0.222. The minimum absolute atomic E-state index is 0.359. The van der Waals surface area contributed by atoms with Crippen molar-refractivity contribution in [2.45, 2.75) is 12.8 Å². The number of carbonyl (C=O) groups excluding carboxylic acids is 1. The number of allylic oxidation sites excluding steroid dienone is 3. The van der Waals surface area contributed by atoms with E-state index in [-0.39, 0.29) is 0 Å². The molecule has 0 fully saturated rings. The smallest absolute Gasteiger partial charge is 0.228 e. The summed E-state index contributed by atoms with van der Waals surface area (Å²) in [6.45, 7) is 0.680. The van der Waals surface area contributed by atoms with Crippen LogP contribution in [0.2, 0.25) is 0 Å². The van der Waals surface area contributed by atoms with Crippen LogP contribution in [-0.2, 0) is 11.2 Å². The van der Waals surface area contributed by atoms with Crippen molar-refractivity contribution in [2.75, 3.05) is 6.61 Å². The Morgan fingerprint density at radius 3 is 2.96 bits per heavy atom. The van der Waals surface area contributed by atoms with Gasteiger partial charge < -0.3 is 16.2 Å². The van der Waals surface area contributed by atoms with Gasteiger partial charge in [0.15, 0.2) is 0 Å². The van der Waals surface area contributed by atoms with E-state index in [1.165, 1.54) is 0 Å². The molecule has 23 heavy (non-hydrogen) atoms. The molecule has 1 unspecified atom stereocenters. The third kappa shape index (κ3) is 3.18. The Labute approximate surface area is 134 Å². The average Bonchev–Trinajstić information content (AvgIpc) is 2.97. The number of ether oxygens (including phenoxy) is 1. The highest BCUT2D eigenvalue weighted by Crippen LogP contribution is 2.28. The molecule has 1 heterocycles. The van der Waals surface area contributed by atoms with E-state index in [9.17, 15) is 4.79 Å². The number of nitrogens with two attached hydrogens (primary N) is 2. The highest BCUT2D eigenvalue weighted by molar-refractivity contribution is 6.11. The lowest BCUT2D eigenvalue weighted by Gasteiger charge is -2.15. The van der Waals surface area contributed by atoms with Crippen LogP contribution in [0.4, 0.5) is 0 Å². The van der Waals surface area contributed by atoms with Crippen LogP contribution in [0.25, 0.3) is 0 Å². The molecule has 0 spiro atoms. The Hall–Kier alpha value is -2.82.